The first-order valence-electron chi connectivity index (χ1n) is 5.77. The minimum Gasteiger partial charge on any atom is -0.466 e. The Kier molecular flexibility index (Phi) is 7.37. The highest BCUT2D eigenvalue weighted by Crippen LogP contribution is 2.19. The zero-order valence-electron chi connectivity index (χ0n) is 10.6. The fourth-order valence-corrected chi connectivity index (χ4v) is 1.01. The molecule has 0 aromatic rings. The van der Waals surface area contributed by atoms with Crippen molar-refractivity contribution in [2.45, 2.75) is 46.5 Å². The zero-order valence-corrected chi connectivity index (χ0v) is 10.6. The van der Waals surface area contributed by atoms with Gasteiger partial charge in [-0.15, -0.1) is 18.4 Å². The fraction of sp³-hybridized carbons (Fsp3) is 0.643. The molecular weight excluding hydrogens is 200 g/mol. The molecule has 0 amide bonds. The van der Waals surface area contributed by atoms with Crippen molar-refractivity contribution in [3.05, 3.63) is 12.7 Å². The van der Waals surface area contributed by atoms with E-state index in [9.17, 15) is 4.79 Å². The van der Waals surface area contributed by atoms with Crippen molar-refractivity contribution in [1.29, 1.82) is 0 Å². The number of carbonyl (C=O) groups excluding carboxylic acids is 1. The second kappa shape index (κ2) is 7.98. The van der Waals surface area contributed by atoms with Crippen LogP contribution in [-0.2, 0) is 9.53 Å². The number of hydrogen-bond acceptors (Lipinski definition) is 2. The van der Waals surface area contributed by atoms with E-state index in [1.54, 1.807) is 0 Å². The molecule has 0 aromatic heterocycles. The number of unbranched alkanes of at least 4 members (excludes halogenated alkanes) is 1. The van der Waals surface area contributed by atoms with Gasteiger partial charge in [-0.2, -0.15) is 0 Å². The Morgan fingerprint density at radius 1 is 1.44 bits per heavy atom. The van der Waals surface area contributed by atoms with E-state index in [4.69, 9.17) is 4.74 Å². The van der Waals surface area contributed by atoms with Crippen molar-refractivity contribution >= 4 is 5.97 Å². The van der Waals surface area contributed by atoms with Crippen molar-refractivity contribution in [3.8, 4) is 11.8 Å². The van der Waals surface area contributed by atoms with Crippen LogP contribution in [0.15, 0.2) is 12.7 Å². The van der Waals surface area contributed by atoms with E-state index in [2.05, 4.69) is 32.3 Å². The standard InChI is InChI=1S/C14H22O2/c1-5-14(3,4)12-10-8-7-9-11-13(15)16-6-2/h5H,1,6-7,9,11-12H2,2-4H3. The van der Waals surface area contributed by atoms with Crippen molar-refractivity contribution in [2.24, 2.45) is 5.41 Å². The summed E-state index contributed by atoms with van der Waals surface area (Å²) in [4.78, 5) is 11.0. The number of hydrogen-bond donors (Lipinski definition) is 0. The second-order valence-electron chi connectivity index (χ2n) is 4.38. The van der Waals surface area contributed by atoms with Gasteiger partial charge in [0.1, 0.15) is 0 Å². The summed E-state index contributed by atoms with van der Waals surface area (Å²) >= 11 is 0. The minimum atomic E-state index is -0.129. The second-order valence-corrected chi connectivity index (χ2v) is 4.38. The van der Waals surface area contributed by atoms with Crippen LogP contribution in [0.3, 0.4) is 0 Å². The van der Waals surface area contributed by atoms with Crippen molar-refractivity contribution in [1.82, 2.24) is 0 Å². The molecule has 0 atom stereocenters. The van der Waals surface area contributed by atoms with E-state index in [-0.39, 0.29) is 11.4 Å². The van der Waals surface area contributed by atoms with E-state index < -0.39 is 0 Å². The van der Waals surface area contributed by atoms with Gasteiger partial charge in [0.05, 0.1) is 6.61 Å². The molecule has 0 radical (unpaired) electrons. The van der Waals surface area contributed by atoms with Crippen LogP contribution in [0.1, 0.15) is 46.5 Å². The zero-order chi connectivity index (χ0) is 12.4. The lowest BCUT2D eigenvalue weighted by molar-refractivity contribution is -0.143. The lowest BCUT2D eigenvalue weighted by Gasteiger charge is -2.14. The first-order chi connectivity index (χ1) is 7.52. The third-order valence-electron chi connectivity index (χ3n) is 2.21. The van der Waals surface area contributed by atoms with E-state index in [1.807, 2.05) is 13.0 Å². The first kappa shape index (κ1) is 14.8. The number of carbonyl (C=O) groups is 1. The maximum Gasteiger partial charge on any atom is 0.305 e. The van der Waals surface area contributed by atoms with Crippen LogP contribution in [0.5, 0.6) is 0 Å². The van der Waals surface area contributed by atoms with Gasteiger partial charge in [-0.1, -0.05) is 19.9 Å². The van der Waals surface area contributed by atoms with Gasteiger partial charge >= 0.3 is 5.97 Å². The highest BCUT2D eigenvalue weighted by atomic mass is 16.5. The maximum absolute atomic E-state index is 11.0. The summed E-state index contributed by atoms with van der Waals surface area (Å²) in [6.07, 6.45) is 4.73. The predicted molar refractivity (Wildman–Crippen MR) is 66.9 cm³/mol. The van der Waals surface area contributed by atoms with Crippen LogP contribution >= 0.6 is 0 Å². The molecule has 0 spiro atoms. The van der Waals surface area contributed by atoms with Crippen molar-refractivity contribution in [2.75, 3.05) is 6.61 Å². The van der Waals surface area contributed by atoms with Gasteiger partial charge in [0, 0.05) is 19.3 Å². The monoisotopic (exact) mass is 222 g/mol. The number of esters is 1. The van der Waals surface area contributed by atoms with Gasteiger partial charge in [0.15, 0.2) is 0 Å². The van der Waals surface area contributed by atoms with Crippen LogP contribution in [0, 0.1) is 17.3 Å². The van der Waals surface area contributed by atoms with E-state index >= 15 is 0 Å². The molecule has 0 N–H and O–H groups in total. The summed E-state index contributed by atoms with van der Waals surface area (Å²) in [5.74, 6) is 6.05. The predicted octanol–water partition coefficient (Wildman–Crippen LogP) is 3.33. The first-order valence-corrected chi connectivity index (χ1v) is 5.77. The molecule has 2 heteroatoms. The normalized spacial score (nSPS) is 10.2. The molecule has 0 aliphatic heterocycles. The van der Waals surface area contributed by atoms with E-state index in [0.29, 0.717) is 13.0 Å². The Morgan fingerprint density at radius 2 is 2.12 bits per heavy atom. The van der Waals surface area contributed by atoms with Crippen molar-refractivity contribution in [3.63, 3.8) is 0 Å². The molecule has 0 unspecified atom stereocenters. The quantitative estimate of drug-likeness (QED) is 0.298. The Labute approximate surface area is 99.1 Å². The third kappa shape index (κ3) is 8.11. The highest BCUT2D eigenvalue weighted by Gasteiger charge is 2.09. The summed E-state index contributed by atoms with van der Waals surface area (Å²) < 4.78 is 4.82. The number of rotatable bonds is 6. The molecule has 0 fully saturated rings. The minimum absolute atomic E-state index is 0.0775. The molecule has 0 bridgehead atoms. The van der Waals surface area contributed by atoms with Gasteiger partial charge < -0.3 is 4.74 Å². The summed E-state index contributed by atoms with van der Waals surface area (Å²) in [5.41, 5.74) is 0.0775. The van der Waals surface area contributed by atoms with Gasteiger partial charge in [-0.3, -0.25) is 4.79 Å². The van der Waals surface area contributed by atoms with Crippen LogP contribution in [0.2, 0.25) is 0 Å². The van der Waals surface area contributed by atoms with Gasteiger partial charge in [0.25, 0.3) is 0 Å². The van der Waals surface area contributed by atoms with Gasteiger partial charge in [0.2, 0.25) is 0 Å². The molecule has 0 aliphatic carbocycles. The Balaban J connectivity index is 3.63. The van der Waals surface area contributed by atoms with Crippen LogP contribution in [-0.4, -0.2) is 12.6 Å². The number of ether oxygens (including phenoxy) is 1. The lowest BCUT2D eigenvalue weighted by Crippen LogP contribution is -2.04. The topological polar surface area (TPSA) is 26.3 Å². The van der Waals surface area contributed by atoms with Crippen molar-refractivity contribution < 1.29 is 9.53 Å². The van der Waals surface area contributed by atoms with Gasteiger partial charge in [-0.05, 0) is 18.8 Å². The smallest absolute Gasteiger partial charge is 0.305 e. The van der Waals surface area contributed by atoms with E-state index in [1.165, 1.54) is 0 Å². The Hall–Kier alpha value is -1.23. The molecule has 0 saturated carbocycles. The molecule has 0 aromatic carbocycles. The Bertz CT molecular complexity index is 279. The summed E-state index contributed by atoms with van der Waals surface area (Å²) in [6, 6.07) is 0. The average molecular weight is 222 g/mol. The third-order valence-corrected chi connectivity index (χ3v) is 2.21. The summed E-state index contributed by atoms with van der Waals surface area (Å²) in [5, 5.41) is 0. The Morgan fingerprint density at radius 3 is 2.69 bits per heavy atom. The van der Waals surface area contributed by atoms with E-state index in [0.717, 1.165) is 19.3 Å². The van der Waals surface area contributed by atoms with Crippen LogP contribution < -0.4 is 0 Å². The van der Waals surface area contributed by atoms with Crippen LogP contribution in [0.25, 0.3) is 0 Å². The summed E-state index contributed by atoms with van der Waals surface area (Å²) in [6.45, 7) is 10.2. The average Bonchev–Trinajstić information content (AvgIpc) is 2.23. The summed E-state index contributed by atoms with van der Waals surface area (Å²) in [7, 11) is 0. The van der Waals surface area contributed by atoms with Crippen LogP contribution in [0.4, 0.5) is 0 Å². The molecule has 0 rings (SSSR count). The molecule has 0 aliphatic rings. The fourth-order valence-electron chi connectivity index (χ4n) is 1.01. The lowest BCUT2D eigenvalue weighted by atomic mass is 9.90. The number of allylic oxidation sites excluding steroid dienone is 1. The molecule has 2 nitrogen and oxygen atoms in total. The highest BCUT2D eigenvalue weighted by molar-refractivity contribution is 5.69. The molecule has 90 valence electrons. The SMILES string of the molecule is C=CC(C)(C)CC#CCCCC(=O)OCC. The molecular formula is C14H22O2. The molecule has 0 saturated heterocycles. The molecule has 16 heavy (non-hydrogen) atoms. The largest absolute Gasteiger partial charge is 0.466 e. The maximum atomic E-state index is 11.0. The molecule has 0 heterocycles. The van der Waals surface area contributed by atoms with Gasteiger partial charge in [-0.25, -0.2) is 0 Å².